The second kappa shape index (κ2) is 5.96. The van der Waals surface area contributed by atoms with Gasteiger partial charge in [0, 0.05) is 14.2 Å². The van der Waals surface area contributed by atoms with Gasteiger partial charge in [-0.1, -0.05) is 0 Å². The minimum atomic E-state index is -1.81. The van der Waals surface area contributed by atoms with E-state index in [1.807, 2.05) is 0 Å². The molecule has 1 saturated heterocycles. The van der Waals surface area contributed by atoms with Crippen LogP contribution < -0.4 is 9.80 Å². The van der Waals surface area contributed by atoms with Gasteiger partial charge >= 0.3 is 8.56 Å². The maximum absolute atomic E-state index is 5.48. The second-order valence-corrected chi connectivity index (χ2v) is 8.36. The Hall–Kier alpha value is 0.0569. The molecular formula is C10H26N2O2Si+2. The van der Waals surface area contributed by atoms with Gasteiger partial charge in [0.15, 0.2) is 0 Å². The van der Waals surface area contributed by atoms with E-state index in [9.17, 15) is 0 Å². The number of rotatable bonds is 6. The summed E-state index contributed by atoms with van der Waals surface area (Å²) in [5.74, 6) is 0. The average molecular weight is 234 g/mol. The van der Waals surface area contributed by atoms with Gasteiger partial charge in [-0.3, -0.25) is 9.80 Å². The summed E-state index contributed by atoms with van der Waals surface area (Å²) in [5.41, 5.74) is 0. The topological polar surface area (TPSA) is 27.3 Å². The summed E-state index contributed by atoms with van der Waals surface area (Å²) in [6.45, 7) is 7.33. The molecule has 0 radical (unpaired) electrons. The van der Waals surface area contributed by atoms with Crippen molar-refractivity contribution in [3.8, 4) is 0 Å². The number of quaternary nitrogens is 2. The molecule has 1 fully saturated rings. The van der Waals surface area contributed by atoms with Crippen LogP contribution in [0.5, 0.6) is 0 Å². The van der Waals surface area contributed by atoms with Crippen molar-refractivity contribution in [2.24, 2.45) is 0 Å². The molecule has 0 bridgehead atoms. The van der Waals surface area contributed by atoms with E-state index in [-0.39, 0.29) is 0 Å². The first kappa shape index (κ1) is 13.1. The first-order chi connectivity index (χ1) is 7.09. The Morgan fingerprint density at radius 2 is 1.87 bits per heavy atom. The minimum Gasteiger partial charge on any atom is -0.398 e. The fraction of sp³-hybridized carbons (Fsp3) is 1.00. The van der Waals surface area contributed by atoms with E-state index < -0.39 is 8.56 Å². The van der Waals surface area contributed by atoms with Crippen LogP contribution in [0.1, 0.15) is 6.42 Å². The van der Waals surface area contributed by atoms with E-state index >= 15 is 0 Å². The minimum absolute atomic E-state index is 1.11. The predicted octanol–water partition coefficient (Wildman–Crippen LogP) is -1.89. The van der Waals surface area contributed by atoms with Crippen LogP contribution in [0.3, 0.4) is 0 Å². The Balaban J connectivity index is 2.15. The van der Waals surface area contributed by atoms with Crippen molar-refractivity contribution in [1.29, 1.82) is 0 Å². The molecule has 1 aliphatic rings. The fourth-order valence-electron chi connectivity index (χ4n) is 2.15. The van der Waals surface area contributed by atoms with Gasteiger partial charge < -0.3 is 8.85 Å². The van der Waals surface area contributed by atoms with E-state index in [0.29, 0.717) is 0 Å². The molecule has 0 aliphatic carbocycles. The summed E-state index contributed by atoms with van der Waals surface area (Å²) in [6, 6.07) is 1.11. The van der Waals surface area contributed by atoms with Crippen LogP contribution in [0.25, 0.3) is 0 Å². The Bertz CT molecular complexity index is 188. The first-order valence-corrected chi connectivity index (χ1v) is 8.37. The lowest BCUT2D eigenvalue weighted by atomic mass is 10.4. The van der Waals surface area contributed by atoms with Crippen LogP contribution >= 0.6 is 0 Å². The van der Waals surface area contributed by atoms with E-state index in [0.717, 1.165) is 6.04 Å². The number of hydrogen-bond acceptors (Lipinski definition) is 2. The van der Waals surface area contributed by atoms with Crippen molar-refractivity contribution >= 4 is 8.56 Å². The normalized spacial score (nSPS) is 27.2. The largest absolute Gasteiger partial charge is 0.398 e. The molecule has 15 heavy (non-hydrogen) atoms. The molecule has 90 valence electrons. The van der Waals surface area contributed by atoms with Gasteiger partial charge in [-0.05, 0) is 19.0 Å². The maximum Gasteiger partial charge on any atom is 0.334 e. The molecular weight excluding hydrogens is 208 g/mol. The molecule has 0 aromatic carbocycles. The van der Waals surface area contributed by atoms with Gasteiger partial charge in [0.2, 0.25) is 6.67 Å². The third-order valence-corrected chi connectivity index (χ3v) is 6.47. The molecule has 4 nitrogen and oxygen atoms in total. The van der Waals surface area contributed by atoms with Gasteiger partial charge in [-0.15, -0.1) is 0 Å². The molecule has 1 rings (SSSR count). The molecule has 2 N–H and O–H groups in total. The zero-order valence-corrected chi connectivity index (χ0v) is 11.6. The molecule has 0 saturated carbocycles. The molecule has 0 spiro atoms. The predicted molar refractivity (Wildman–Crippen MR) is 62.4 cm³/mol. The highest BCUT2D eigenvalue weighted by atomic mass is 28.4. The lowest BCUT2D eigenvalue weighted by molar-refractivity contribution is -1.02. The quantitative estimate of drug-likeness (QED) is 0.526. The molecule has 1 heterocycles. The number of nitrogens with one attached hydrogen (secondary N) is 2. The molecule has 2 unspecified atom stereocenters. The molecule has 5 heteroatoms. The number of likely N-dealkylation sites (N-methyl/N-ethyl adjacent to an activating group) is 1. The van der Waals surface area contributed by atoms with Gasteiger partial charge in [-0.2, -0.15) is 0 Å². The van der Waals surface area contributed by atoms with E-state index in [2.05, 4.69) is 13.6 Å². The Labute approximate surface area is 94.4 Å². The lowest BCUT2D eigenvalue weighted by Crippen LogP contribution is -3.22. The van der Waals surface area contributed by atoms with Crippen LogP contribution in [0.15, 0.2) is 0 Å². The monoisotopic (exact) mass is 234 g/mol. The fourth-order valence-corrected chi connectivity index (χ4v) is 3.55. The van der Waals surface area contributed by atoms with Crippen molar-refractivity contribution < 1.29 is 18.7 Å². The molecule has 0 aromatic rings. The maximum atomic E-state index is 5.48. The standard InChI is InChI=1S/C10H24N2O2Si/c1-11-7-8-12(10-11)6-5-9-15(4,13-2)14-3/h5-10H2,1-4H3/p+2. The second-order valence-electron chi connectivity index (χ2n) is 4.78. The zero-order valence-electron chi connectivity index (χ0n) is 10.6. The smallest absolute Gasteiger partial charge is 0.334 e. The molecule has 0 amide bonds. The highest BCUT2D eigenvalue weighted by molar-refractivity contribution is 6.65. The third kappa shape index (κ3) is 4.20. The van der Waals surface area contributed by atoms with E-state index in [1.165, 1.54) is 32.7 Å². The van der Waals surface area contributed by atoms with Crippen molar-refractivity contribution in [1.82, 2.24) is 0 Å². The van der Waals surface area contributed by atoms with Crippen molar-refractivity contribution in [2.45, 2.75) is 19.0 Å². The molecule has 2 atom stereocenters. The SMILES string of the molecule is CO[Si](C)(CCC[NH+]1CC[NH+](C)C1)OC. The van der Waals surface area contributed by atoms with Crippen molar-refractivity contribution in [3.63, 3.8) is 0 Å². The Morgan fingerprint density at radius 1 is 1.20 bits per heavy atom. The van der Waals surface area contributed by atoms with Crippen LogP contribution in [0, 0.1) is 0 Å². The number of hydrogen-bond donors (Lipinski definition) is 2. The summed E-state index contributed by atoms with van der Waals surface area (Å²) < 4.78 is 11.0. The summed E-state index contributed by atoms with van der Waals surface area (Å²) in [7, 11) is 4.02. The average Bonchev–Trinajstić information content (AvgIpc) is 2.64. The Kier molecular flexibility index (Phi) is 5.21. The summed E-state index contributed by atoms with van der Waals surface area (Å²) in [5, 5.41) is 0. The molecule has 0 aromatic heterocycles. The highest BCUT2D eigenvalue weighted by Crippen LogP contribution is 2.12. The van der Waals surface area contributed by atoms with Gasteiger partial charge in [0.1, 0.15) is 13.1 Å². The lowest BCUT2D eigenvalue weighted by Gasteiger charge is -2.22. The van der Waals surface area contributed by atoms with Crippen LogP contribution in [-0.4, -0.2) is 56.1 Å². The third-order valence-electron chi connectivity index (χ3n) is 3.48. The van der Waals surface area contributed by atoms with Gasteiger partial charge in [0.05, 0.1) is 13.6 Å². The van der Waals surface area contributed by atoms with Crippen molar-refractivity contribution in [2.75, 3.05) is 47.6 Å². The molecule has 1 aliphatic heterocycles. The van der Waals surface area contributed by atoms with E-state index in [4.69, 9.17) is 8.85 Å². The van der Waals surface area contributed by atoms with Gasteiger partial charge in [0.25, 0.3) is 0 Å². The van der Waals surface area contributed by atoms with Crippen LogP contribution in [-0.2, 0) is 8.85 Å². The van der Waals surface area contributed by atoms with E-state index in [1.54, 1.807) is 24.0 Å². The Morgan fingerprint density at radius 3 is 2.33 bits per heavy atom. The first-order valence-electron chi connectivity index (χ1n) is 5.85. The van der Waals surface area contributed by atoms with Crippen LogP contribution in [0.4, 0.5) is 0 Å². The summed E-state index contributed by atoms with van der Waals surface area (Å²) in [4.78, 5) is 3.39. The summed E-state index contributed by atoms with van der Waals surface area (Å²) >= 11 is 0. The van der Waals surface area contributed by atoms with Gasteiger partial charge in [-0.25, -0.2) is 0 Å². The zero-order chi connectivity index (χ0) is 11.3. The highest BCUT2D eigenvalue weighted by Gasteiger charge is 2.30. The summed E-state index contributed by atoms with van der Waals surface area (Å²) in [6.07, 6.45) is 1.23. The van der Waals surface area contributed by atoms with Crippen molar-refractivity contribution in [3.05, 3.63) is 0 Å². The van der Waals surface area contributed by atoms with Crippen LogP contribution in [0.2, 0.25) is 12.6 Å².